The standard InChI is InChI=1S/C13H17ClIO4P/c1-3-18-20(17,19-4-2)13(16)9-12(14)10-5-7-11(15)8-6-10/h5-9,13,16H,3-4H2,1-2H3. The minimum atomic E-state index is -3.60. The van der Waals surface area contributed by atoms with E-state index in [0.29, 0.717) is 5.03 Å². The quantitative estimate of drug-likeness (QED) is 0.513. The first-order chi connectivity index (χ1) is 9.42. The van der Waals surface area contributed by atoms with Gasteiger partial charge in [-0.15, -0.1) is 0 Å². The van der Waals surface area contributed by atoms with Crippen LogP contribution < -0.4 is 0 Å². The Morgan fingerprint density at radius 2 is 1.85 bits per heavy atom. The topological polar surface area (TPSA) is 55.8 Å². The zero-order chi connectivity index (χ0) is 15.2. The van der Waals surface area contributed by atoms with Crippen molar-refractivity contribution in [1.82, 2.24) is 0 Å². The molecule has 0 aromatic heterocycles. The van der Waals surface area contributed by atoms with Gasteiger partial charge in [0.1, 0.15) is 0 Å². The molecule has 112 valence electrons. The Bertz CT molecular complexity index is 494. The summed E-state index contributed by atoms with van der Waals surface area (Å²) in [7, 11) is -3.60. The number of aliphatic hydroxyl groups is 1. The molecule has 0 saturated heterocycles. The highest BCUT2D eigenvalue weighted by Gasteiger charge is 2.32. The van der Waals surface area contributed by atoms with Crippen molar-refractivity contribution in [2.75, 3.05) is 13.2 Å². The van der Waals surface area contributed by atoms with Crippen LogP contribution in [0.15, 0.2) is 30.3 Å². The van der Waals surface area contributed by atoms with Crippen molar-refractivity contribution in [2.24, 2.45) is 0 Å². The molecule has 0 aliphatic rings. The number of hydrogen-bond acceptors (Lipinski definition) is 4. The fourth-order valence-electron chi connectivity index (χ4n) is 1.48. The van der Waals surface area contributed by atoms with Gasteiger partial charge in [-0.3, -0.25) is 4.57 Å². The predicted octanol–water partition coefficient (Wildman–Crippen LogP) is 4.46. The van der Waals surface area contributed by atoms with Crippen molar-refractivity contribution < 1.29 is 18.7 Å². The summed E-state index contributed by atoms with van der Waals surface area (Å²) in [6, 6.07) is 7.42. The first-order valence-corrected chi connectivity index (χ1v) is 9.20. The molecule has 0 heterocycles. The van der Waals surface area contributed by atoms with Gasteiger partial charge in [-0.05, 0) is 60.2 Å². The number of benzene rings is 1. The Balaban J connectivity index is 2.95. The summed E-state index contributed by atoms with van der Waals surface area (Å²) >= 11 is 8.31. The molecule has 0 amide bonds. The molecule has 1 aromatic carbocycles. The number of rotatable bonds is 7. The third-order valence-corrected chi connectivity index (χ3v) is 5.45. The fourth-order valence-corrected chi connectivity index (χ4v) is 3.60. The van der Waals surface area contributed by atoms with E-state index in [4.69, 9.17) is 20.6 Å². The van der Waals surface area contributed by atoms with Gasteiger partial charge in [-0.1, -0.05) is 23.7 Å². The lowest BCUT2D eigenvalue weighted by Gasteiger charge is -2.20. The molecule has 0 spiro atoms. The van der Waals surface area contributed by atoms with Gasteiger partial charge in [0.15, 0.2) is 5.85 Å². The van der Waals surface area contributed by atoms with Crippen molar-refractivity contribution in [1.29, 1.82) is 0 Å². The van der Waals surface area contributed by atoms with E-state index in [1.807, 2.05) is 24.3 Å². The number of hydrogen-bond donors (Lipinski definition) is 1. The molecule has 1 atom stereocenters. The largest absolute Gasteiger partial charge is 0.377 e. The summed E-state index contributed by atoms with van der Waals surface area (Å²) in [4.78, 5) is 0. The Morgan fingerprint density at radius 1 is 1.35 bits per heavy atom. The van der Waals surface area contributed by atoms with Crippen LogP contribution in [-0.4, -0.2) is 24.2 Å². The third-order valence-electron chi connectivity index (χ3n) is 2.36. The summed E-state index contributed by atoms with van der Waals surface area (Å²) < 4.78 is 23.5. The molecule has 1 aromatic rings. The Labute approximate surface area is 137 Å². The van der Waals surface area contributed by atoms with Crippen LogP contribution in [0.25, 0.3) is 5.03 Å². The smallest absolute Gasteiger partial charge is 0.362 e. The maximum atomic E-state index is 12.3. The lowest BCUT2D eigenvalue weighted by atomic mass is 10.2. The molecule has 4 nitrogen and oxygen atoms in total. The van der Waals surface area contributed by atoms with Crippen LogP contribution in [0.1, 0.15) is 19.4 Å². The summed E-state index contributed by atoms with van der Waals surface area (Å²) in [6.45, 7) is 3.73. The molecule has 0 radical (unpaired) electrons. The van der Waals surface area contributed by atoms with Gasteiger partial charge >= 0.3 is 7.60 Å². The van der Waals surface area contributed by atoms with Crippen molar-refractivity contribution in [3.05, 3.63) is 39.5 Å². The van der Waals surface area contributed by atoms with Crippen LogP contribution >= 0.6 is 41.8 Å². The second-order valence-corrected chi connectivity index (χ2v) is 7.59. The number of aliphatic hydroxyl groups excluding tert-OH is 1. The van der Waals surface area contributed by atoms with Gasteiger partial charge in [-0.25, -0.2) is 0 Å². The molecule has 1 N–H and O–H groups in total. The molecule has 0 aliphatic carbocycles. The van der Waals surface area contributed by atoms with Crippen LogP contribution in [0.5, 0.6) is 0 Å². The van der Waals surface area contributed by atoms with E-state index in [2.05, 4.69) is 22.6 Å². The van der Waals surface area contributed by atoms with E-state index in [1.165, 1.54) is 6.08 Å². The fraction of sp³-hybridized carbons (Fsp3) is 0.385. The van der Waals surface area contributed by atoms with E-state index in [1.54, 1.807) is 13.8 Å². The lowest BCUT2D eigenvalue weighted by Crippen LogP contribution is -2.10. The monoisotopic (exact) mass is 430 g/mol. The van der Waals surface area contributed by atoms with Gasteiger partial charge < -0.3 is 14.2 Å². The molecule has 0 fully saturated rings. The Morgan fingerprint density at radius 3 is 2.30 bits per heavy atom. The number of halogens is 2. The van der Waals surface area contributed by atoms with E-state index in [0.717, 1.165) is 9.13 Å². The van der Waals surface area contributed by atoms with Crippen LogP contribution in [0.3, 0.4) is 0 Å². The zero-order valence-corrected chi connectivity index (χ0v) is 15.1. The average molecular weight is 431 g/mol. The molecular weight excluding hydrogens is 413 g/mol. The average Bonchev–Trinajstić information content (AvgIpc) is 2.39. The maximum absolute atomic E-state index is 12.3. The van der Waals surface area contributed by atoms with Crippen LogP contribution in [0.2, 0.25) is 0 Å². The van der Waals surface area contributed by atoms with Crippen LogP contribution in [0, 0.1) is 3.57 Å². The normalized spacial score (nSPS) is 14.3. The van der Waals surface area contributed by atoms with E-state index >= 15 is 0 Å². The van der Waals surface area contributed by atoms with Crippen LogP contribution in [0.4, 0.5) is 0 Å². The summed E-state index contributed by atoms with van der Waals surface area (Å²) in [5.74, 6) is -1.39. The molecule has 0 aliphatic heterocycles. The Kier molecular flexibility index (Phi) is 7.72. The van der Waals surface area contributed by atoms with Crippen molar-refractivity contribution in [3.63, 3.8) is 0 Å². The van der Waals surface area contributed by atoms with Gasteiger partial charge in [0.25, 0.3) is 0 Å². The summed E-state index contributed by atoms with van der Waals surface area (Å²) in [5.41, 5.74) is 0.727. The minimum absolute atomic E-state index is 0.184. The zero-order valence-electron chi connectivity index (χ0n) is 11.3. The van der Waals surface area contributed by atoms with E-state index in [9.17, 15) is 9.67 Å². The maximum Gasteiger partial charge on any atom is 0.362 e. The summed E-state index contributed by atoms with van der Waals surface area (Å²) in [5, 5.41) is 10.3. The third kappa shape index (κ3) is 5.13. The van der Waals surface area contributed by atoms with Gasteiger partial charge in [0, 0.05) is 8.60 Å². The summed E-state index contributed by atoms with van der Waals surface area (Å²) in [6.07, 6.45) is 1.29. The highest BCUT2D eigenvalue weighted by molar-refractivity contribution is 14.1. The van der Waals surface area contributed by atoms with Gasteiger partial charge in [0.05, 0.1) is 13.2 Å². The van der Waals surface area contributed by atoms with Crippen molar-refractivity contribution in [2.45, 2.75) is 19.7 Å². The van der Waals surface area contributed by atoms with Crippen LogP contribution in [-0.2, 0) is 13.6 Å². The second kappa shape index (κ2) is 8.51. The van der Waals surface area contributed by atoms with Gasteiger partial charge in [-0.2, -0.15) is 0 Å². The molecule has 1 rings (SSSR count). The first-order valence-electron chi connectivity index (χ1n) is 6.13. The highest BCUT2D eigenvalue weighted by Crippen LogP contribution is 2.53. The highest BCUT2D eigenvalue weighted by atomic mass is 127. The second-order valence-electron chi connectivity index (χ2n) is 3.81. The van der Waals surface area contributed by atoms with E-state index in [-0.39, 0.29) is 13.2 Å². The molecular formula is C13H17ClIO4P. The van der Waals surface area contributed by atoms with Crippen molar-refractivity contribution in [3.8, 4) is 0 Å². The molecule has 20 heavy (non-hydrogen) atoms. The lowest BCUT2D eigenvalue weighted by molar-refractivity contribution is 0.169. The first kappa shape index (κ1) is 18.1. The molecule has 7 heteroatoms. The predicted molar refractivity (Wildman–Crippen MR) is 89.9 cm³/mol. The minimum Gasteiger partial charge on any atom is -0.377 e. The molecule has 0 saturated carbocycles. The Hall–Kier alpha value is 0.0900. The molecule has 0 bridgehead atoms. The molecule has 1 unspecified atom stereocenters. The SMILES string of the molecule is CCOP(=O)(OCC)C(O)C=C(Cl)c1ccc(I)cc1. The van der Waals surface area contributed by atoms with E-state index < -0.39 is 13.4 Å². The van der Waals surface area contributed by atoms with Crippen molar-refractivity contribution >= 4 is 46.8 Å². The van der Waals surface area contributed by atoms with Gasteiger partial charge in [0.2, 0.25) is 0 Å².